The first kappa shape index (κ1) is 15.0. The minimum absolute atomic E-state index is 0.0246. The molecule has 0 saturated heterocycles. The van der Waals surface area contributed by atoms with Crippen LogP contribution < -0.4 is 10.2 Å². The van der Waals surface area contributed by atoms with E-state index < -0.39 is 0 Å². The number of anilines is 1. The number of carbonyl (C=O) groups excluding carboxylic acids is 1. The molecule has 2 aromatic rings. The number of rotatable bonds is 5. The lowest BCUT2D eigenvalue weighted by atomic mass is 10.2. The number of amides is 1. The van der Waals surface area contributed by atoms with Gasteiger partial charge in [-0.25, -0.2) is 0 Å². The van der Waals surface area contributed by atoms with Gasteiger partial charge in [0.05, 0.1) is 17.8 Å². The number of aryl methyl sites for hydroxylation is 1. The monoisotopic (exact) mass is 309 g/mol. The van der Waals surface area contributed by atoms with Gasteiger partial charge in [0, 0.05) is 5.56 Å². The highest BCUT2D eigenvalue weighted by Crippen LogP contribution is 2.22. The Bertz CT molecular complexity index is 584. The molecule has 1 unspecified atom stereocenters. The molecule has 0 saturated carbocycles. The van der Waals surface area contributed by atoms with Crippen molar-refractivity contribution in [3.63, 3.8) is 0 Å². The molecule has 1 aromatic carbocycles. The van der Waals surface area contributed by atoms with Gasteiger partial charge in [-0.15, -0.1) is 0 Å². The lowest BCUT2D eigenvalue weighted by molar-refractivity contribution is -0.885. The third kappa shape index (κ3) is 4.34. The molecule has 1 amide bonds. The van der Waals surface area contributed by atoms with Gasteiger partial charge in [0.1, 0.15) is 6.54 Å². The van der Waals surface area contributed by atoms with Crippen LogP contribution in [-0.4, -0.2) is 19.5 Å². The maximum absolute atomic E-state index is 12.0. The van der Waals surface area contributed by atoms with Gasteiger partial charge >= 0.3 is 0 Å². The van der Waals surface area contributed by atoms with E-state index in [2.05, 4.69) is 22.1 Å². The van der Waals surface area contributed by atoms with E-state index in [0.717, 1.165) is 17.0 Å². The Morgan fingerprint density at radius 2 is 2.20 bits per heavy atom. The molecule has 0 bridgehead atoms. The highest BCUT2D eigenvalue weighted by molar-refractivity contribution is 7.07. The Morgan fingerprint density at radius 3 is 2.85 bits per heavy atom. The number of halogens is 1. The van der Waals surface area contributed by atoms with Crippen LogP contribution in [0.5, 0.6) is 0 Å². The molecule has 0 aliphatic carbocycles. The normalized spacial score (nSPS) is 12.2. The summed E-state index contributed by atoms with van der Waals surface area (Å²) in [4.78, 5) is 13.1. The van der Waals surface area contributed by atoms with Crippen molar-refractivity contribution >= 4 is 34.5 Å². The molecule has 2 N–H and O–H groups in total. The second-order valence-electron chi connectivity index (χ2n) is 4.97. The zero-order valence-electron chi connectivity index (χ0n) is 11.6. The van der Waals surface area contributed by atoms with Crippen LogP contribution in [0.2, 0.25) is 5.02 Å². The highest BCUT2D eigenvalue weighted by Gasteiger charge is 2.12. The van der Waals surface area contributed by atoms with Crippen molar-refractivity contribution in [1.82, 2.24) is 0 Å². The van der Waals surface area contributed by atoms with Crippen LogP contribution in [0.15, 0.2) is 35.0 Å². The number of hydrogen-bond donors (Lipinski definition) is 2. The van der Waals surface area contributed by atoms with Crippen molar-refractivity contribution in [2.75, 3.05) is 18.9 Å². The molecule has 106 valence electrons. The maximum Gasteiger partial charge on any atom is 0.279 e. The predicted octanol–water partition coefficient (Wildman–Crippen LogP) is 2.36. The maximum atomic E-state index is 12.0. The summed E-state index contributed by atoms with van der Waals surface area (Å²) >= 11 is 7.78. The van der Waals surface area contributed by atoms with E-state index in [1.807, 2.05) is 32.2 Å². The van der Waals surface area contributed by atoms with E-state index in [4.69, 9.17) is 11.6 Å². The molecule has 3 nitrogen and oxygen atoms in total. The van der Waals surface area contributed by atoms with Crippen molar-refractivity contribution in [2.24, 2.45) is 0 Å². The zero-order valence-corrected chi connectivity index (χ0v) is 13.1. The summed E-state index contributed by atoms with van der Waals surface area (Å²) in [6.45, 7) is 3.23. The van der Waals surface area contributed by atoms with Gasteiger partial charge in [0.15, 0.2) is 6.54 Å². The minimum atomic E-state index is -0.0246. The molecule has 1 aromatic heterocycles. The fourth-order valence-electron chi connectivity index (χ4n) is 1.99. The molecule has 1 heterocycles. The van der Waals surface area contributed by atoms with E-state index >= 15 is 0 Å². The number of hydrogen-bond acceptors (Lipinski definition) is 2. The molecular weight excluding hydrogens is 292 g/mol. The summed E-state index contributed by atoms with van der Waals surface area (Å²) in [5, 5.41) is 7.60. The first-order valence-corrected chi connectivity index (χ1v) is 7.75. The molecule has 5 heteroatoms. The molecule has 1 atom stereocenters. The van der Waals surface area contributed by atoms with E-state index in [1.165, 1.54) is 5.56 Å². The molecule has 0 radical (unpaired) electrons. The first-order valence-electron chi connectivity index (χ1n) is 6.43. The van der Waals surface area contributed by atoms with Gasteiger partial charge in [0.2, 0.25) is 0 Å². The standard InChI is InChI=1S/C15H17ClN2OS/c1-11-3-4-14(13(16)7-11)17-15(19)9-18(2)8-12-5-6-20-10-12/h3-7,10H,8-9H2,1-2H3,(H,17,19)/p+1. The molecule has 20 heavy (non-hydrogen) atoms. The average Bonchev–Trinajstić information content (AvgIpc) is 2.85. The quantitative estimate of drug-likeness (QED) is 0.873. The largest absolute Gasteiger partial charge is 0.326 e. The molecule has 0 aliphatic heterocycles. The fourth-order valence-corrected chi connectivity index (χ4v) is 2.95. The summed E-state index contributed by atoms with van der Waals surface area (Å²) < 4.78 is 0. The SMILES string of the molecule is Cc1ccc(NC(=O)C[NH+](C)Cc2ccsc2)c(Cl)c1. The van der Waals surface area contributed by atoms with Gasteiger partial charge < -0.3 is 10.2 Å². The summed E-state index contributed by atoms with van der Waals surface area (Å²) in [5.41, 5.74) is 3.01. The Kier molecular flexibility index (Phi) is 5.17. The van der Waals surface area contributed by atoms with Gasteiger partial charge in [-0.05, 0) is 41.4 Å². The number of nitrogens with one attached hydrogen (secondary N) is 2. The van der Waals surface area contributed by atoms with Crippen molar-refractivity contribution < 1.29 is 9.69 Å². The van der Waals surface area contributed by atoms with Crippen molar-refractivity contribution in [3.8, 4) is 0 Å². The topological polar surface area (TPSA) is 33.5 Å². The molecule has 0 fully saturated rings. The van der Waals surface area contributed by atoms with Gasteiger partial charge in [-0.1, -0.05) is 17.7 Å². The zero-order chi connectivity index (χ0) is 14.5. The number of benzene rings is 1. The summed E-state index contributed by atoms with van der Waals surface area (Å²) in [6.07, 6.45) is 0. The molecule has 2 rings (SSSR count). The number of likely N-dealkylation sites (N-methyl/N-ethyl adjacent to an activating group) is 1. The van der Waals surface area contributed by atoms with E-state index in [1.54, 1.807) is 11.3 Å². The number of thiophene rings is 1. The number of carbonyl (C=O) groups is 1. The van der Waals surface area contributed by atoms with Crippen LogP contribution in [0, 0.1) is 6.92 Å². The van der Waals surface area contributed by atoms with Crippen LogP contribution >= 0.6 is 22.9 Å². The Hall–Kier alpha value is -1.36. The third-order valence-electron chi connectivity index (χ3n) is 2.95. The van der Waals surface area contributed by atoms with Crippen molar-refractivity contribution in [3.05, 3.63) is 51.2 Å². The van der Waals surface area contributed by atoms with Gasteiger partial charge in [-0.2, -0.15) is 11.3 Å². The van der Waals surface area contributed by atoms with Crippen LogP contribution in [0.4, 0.5) is 5.69 Å². The predicted molar refractivity (Wildman–Crippen MR) is 84.6 cm³/mol. The van der Waals surface area contributed by atoms with Crippen LogP contribution in [0.3, 0.4) is 0 Å². The van der Waals surface area contributed by atoms with E-state index in [0.29, 0.717) is 17.3 Å². The Labute approximate surface area is 128 Å². The second kappa shape index (κ2) is 6.88. The third-order valence-corrected chi connectivity index (χ3v) is 3.99. The smallest absolute Gasteiger partial charge is 0.279 e. The number of quaternary nitrogens is 1. The lowest BCUT2D eigenvalue weighted by Crippen LogP contribution is -3.08. The molecule has 0 aliphatic rings. The fraction of sp³-hybridized carbons (Fsp3) is 0.267. The lowest BCUT2D eigenvalue weighted by Gasteiger charge is -2.13. The Balaban J connectivity index is 1.88. The molecular formula is C15H18ClN2OS+. The van der Waals surface area contributed by atoms with Gasteiger partial charge in [0.25, 0.3) is 5.91 Å². The summed E-state index contributed by atoms with van der Waals surface area (Å²) in [6, 6.07) is 7.70. The second-order valence-corrected chi connectivity index (χ2v) is 6.16. The van der Waals surface area contributed by atoms with E-state index in [9.17, 15) is 4.79 Å². The van der Waals surface area contributed by atoms with Crippen LogP contribution in [-0.2, 0) is 11.3 Å². The molecule has 0 spiro atoms. The average molecular weight is 310 g/mol. The van der Waals surface area contributed by atoms with Crippen LogP contribution in [0.25, 0.3) is 0 Å². The van der Waals surface area contributed by atoms with Crippen molar-refractivity contribution in [2.45, 2.75) is 13.5 Å². The highest BCUT2D eigenvalue weighted by atomic mass is 35.5. The summed E-state index contributed by atoms with van der Waals surface area (Å²) in [7, 11) is 2.01. The minimum Gasteiger partial charge on any atom is -0.326 e. The van der Waals surface area contributed by atoms with Gasteiger partial charge in [-0.3, -0.25) is 4.79 Å². The van der Waals surface area contributed by atoms with E-state index in [-0.39, 0.29) is 5.91 Å². The van der Waals surface area contributed by atoms with Crippen LogP contribution in [0.1, 0.15) is 11.1 Å². The first-order chi connectivity index (χ1) is 9.54. The summed E-state index contributed by atoms with van der Waals surface area (Å²) in [5.74, 6) is -0.0246. The van der Waals surface area contributed by atoms with Crippen molar-refractivity contribution in [1.29, 1.82) is 0 Å². The Morgan fingerprint density at radius 1 is 1.40 bits per heavy atom.